The molecule has 2 aromatic carbocycles. The van der Waals surface area contributed by atoms with Crippen LogP contribution in [0.3, 0.4) is 0 Å². The van der Waals surface area contributed by atoms with Gasteiger partial charge in [0.15, 0.2) is 0 Å². The molecule has 0 aliphatic carbocycles. The summed E-state index contributed by atoms with van der Waals surface area (Å²) in [5.74, 6) is -0.667. The molecule has 23 heavy (non-hydrogen) atoms. The lowest BCUT2D eigenvalue weighted by atomic mass is 10.1. The van der Waals surface area contributed by atoms with E-state index in [2.05, 4.69) is 26.6 Å². The molecule has 2 rings (SSSR count). The number of aryl methyl sites for hydroxylation is 3. The zero-order valence-corrected chi connectivity index (χ0v) is 15.0. The normalized spacial score (nSPS) is 10.3. The first-order valence-electron chi connectivity index (χ1n) is 7.28. The van der Waals surface area contributed by atoms with Crippen LogP contribution in [0.2, 0.25) is 0 Å². The molecule has 2 aromatic rings. The van der Waals surface area contributed by atoms with Crippen LogP contribution < -0.4 is 10.6 Å². The maximum absolute atomic E-state index is 12.0. The summed E-state index contributed by atoms with van der Waals surface area (Å²) < 4.78 is 0.975. The van der Waals surface area contributed by atoms with Crippen LogP contribution in [-0.2, 0) is 9.59 Å². The van der Waals surface area contributed by atoms with Gasteiger partial charge in [-0.3, -0.25) is 9.59 Å². The van der Waals surface area contributed by atoms with Gasteiger partial charge in [0.2, 0.25) is 11.8 Å². The fourth-order valence-corrected chi connectivity index (χ4v) is 2.38. The number of hydrogen-bond donors (Lipinski definition) is 2. The van der Waals surface area contributed by atoms with E-state index in [-0.39, 0.29) is 18.2 Å². The van der Waals surface area contributed by atoms with Crippen LogP contribution in [0.5, 0.6) is 0 Å². The number of carbonyl (C=O) groups is 2. The summed E-state index contributed by atoms with van der Waals surface area (Å²) in [6, 6.07) is 11.3. The second kappa shape index (κ2) is 7.42. The van der Waals surface area contributed by atoms with Gasteiger partial charge >= 0.3 is 0 Å². The molecule has 0 atom stereocenters. The second-order valence-electron chi connectivity index (χ2n) is 5.56. The van der Waals surface area contributed by atoms with Crippen molar-refractivity contribution < 1.29 is 9.59 Å². The van der Waals surface area contributed by atoms with Crippen molar-refractivity contribution in [2.45, 2.75) is 27.2 Å². The third-order valence-corrected chi connectivity index (χ3v) is 4.32. The molecule has 0 saturated carbocycles. The van der Waals surface area contributed by atoms with Crippen LogP contribution in [-0.4, -0.2) is 11.8 Å². The minimum Gasteiger partial charge on any atom is -0.326 e. The number of hydrogen-bond acceptors (Lipinski definition) is 2. The summed E-state index contributed by atoms with van der Waals surface area (Å²) in [5.41, 5.74) is 4.45. The maximum atomic E-state index is 12.0. The van der Waals surface area contributed by atoms with Gasteiger partial charge in [0.05, 0.1) is 0 Å². The molecule has 0 bridgehead atoms. The van der Waals surface area contributed by atoms with Crippen molar-refractivity contribution >= 4 is 39.1 Å². The molecular weight excluding hydrogens is 356 g/mol. The van der Waals surface area contributed by atoms with Gasteiger partial charge in [-0.2, -0.15) is 0 Å². The molecule has 0 radical (unpaired) electrons. The second-order valence-corrected chi connectivity index (χ2v) is 6.41. The zero-order valence-electron chi connectivity index (χ0n) is 13.4. The van der Waals surface area contributed by atoms with E-state index in [4.69, 9.17) is 0 Å². The van der Waals surface area contributed by atoms with Crippen LogP contribution in [0.4, 0.5) is 11.4 Å². The lowest BCUT2D eigenvalue weighted by Gasteiger charge is -2.10. The van der Waals surface area contributed by atoms with Crippen molar-refractivity contribution in [1.29, 1.82) is 0 Å². The van der Waals surface area contributed by atoms with Crippen LogP contribution in [0.1, 0.15) is 23.1 Å². The topological polar surface area (TPSA) is 58.2 Å². The maximum Gasteiger partial charge on any atom is 0.233 e. The van der Waals surface area contributed by atoms with Gasteiger partial charge < -0.3 is 10.6 Å². The van der Waals surface area contributed by atoms with Crippen LogP contribution in [0.25, 0.3) is 0 Å². The smallest absolute Gasteiger partial charge is 0.233 e. The van der Waals surface area contributed by atoms with Gasteiger partial charge in [-0.05, 0) is 61.7 Å². The first-order chi connectivity index (χ1) is 10.8. The Morgan fingerprint density at radius 1 is 0.913 bits per heavy atom. The van der Waals surface area contributed by atoms with Crippen molar-refractivity contribution in [3.63, 3.8) is 0 Å². The number of nitrogens with one attached hydrogen (secondary N) is 2. The highest BCUT2D eigenvalue weighted by molar-refractivity contribution is 9.10. The summed E-state index contributed by atoms with van der Waals surface area (Å²) in [6.07, 6.45) is -0.220. The predicted octanol–water partition coefficient (Wildman–Crippen LogP) is 4.34. The molecule has 4 nitrogen and oxygen atoms in total. The fourth-order valence-electron chi connectivity index (χ4n) is 2.14. The largest absolute Gasteiger partial charge is 0.326 e. The Balaban J connectivity index is 1.95. The van der Waals surface area contributed by atoms with Gasteiger partial charge in [0, 0.05) is 15.8 Å². The van der Waals surface area contributed by atoms with Crippen molar-refractivity contribution in [2.24, 2.45) is 0 Å². The van der Waals surface area contributed by atoms with E-state index < -0.39 is 0 Å². The molecule has 0 aromatic heterocycles. The van der Waals surface area contributed by atoms with Crippen molar-refractivity contribution in [3.05, 3.63) is 57.6 Å². The van der Waals surface area contributed by atoms with Crippen molar-refractivity contribution in [3.8, 4) is 0 Å². The lowest BCUT2D eigenvalue weighted by Crippen LogP contribution is -2.21. The number of anilines is 2. The highest BCUT2D eigenvalue weighted by Crippen LogP contribution is 2.20. The van der Waals surface area contributed by atoms with Crippen LogP contribution in [0.15, 0.2) is 40.9 Å². The van der Waals surface area contributed by atoms with E-state index in [1.54, 1.807) is 6.07 Å². The van der Waals surface area contributed by atoms with Gasteiger partial charge in [0.1, 0.15) is 6.42 Å². The van der Waals surface area contributed by atoms with E-state index >= 15 is 0 Å². The molecule has 0 saturated heterocycles. The Morgan fingerprint density at radius 2 is 1.61 bits per heavy atom. The molecule has 5 heteroatoms. The monoisotopic (exact) mass is 374 g/mol. The fraction of sp³-hybridized carbons (Fsp3) is 0.222. The van der Waals surface area contributed by atoms with Crippen molar-refractivity contribution in [2.75, 3.05) is 10.6 Å². The number of carbonyl (C=O) groups excluding carboxylic acids is 2. The lowest BCUT2D eigenvalue weighted by molar-refractivity contribution is -0.123. The average Bonchev–Trinajstić information content (AvgIpc) is 2.46. The minimum atomic E-state index is -0.338. The first-order valence-corrected chi connectivity index (χ1v) is 8.07. The Labute approximate surface area is 144 Å². The van der Waals surface area contributed by atoms with Gasteiger partial charge in [-0.25, -0.2) is 0 Å². The SMILES string of the molecule is Cc1ccc(C)c(NC(=O)CC(=O)Nc2ccc(Br)c(C)c2)c1. The first kappa shape index (κ1) is 17.2. The highest BCUT2D eigenvalue weighted by Gasteiger charge is 2.11. The summed E-state index contributed by atoms with van der Waals surface area (Å²) in [4.78, 5) is 24.0. The molecule has 0 aliphatic heterocycles. The number of amides is 2. The van der Waals surface area contributed by atoms with Gasteiger partial charge in [0.25, 0.3) is 0 Å². The summed E-state index contributed by atoms with van der Waals surface area (Å²) >= 11 is 3.41. The molecular formula is C18H19BrN2O2. The summed E-state index contributed by atoms with van der Waals surface area (Å²) in [6.45, 7) is 5.81. The van der Waals surface area contributed by atoms with Crippen LogP contribution >= 0.6 is 15.9 Å². The molecule has 2 amide bonds. The third kappa shape index (κ3) is 4.93. The van der Waals surface area contributed by atoms with E-state index in [1.165, 1.54) is 0 Å². The minimum absolute atomic E-state index is 0.220. The average molecular weight is 375 g/mol. The van der Waals surface area contributed by atoms with Crippen molar-refractivity contribution in [1.82, 2.24) is 0 Å². The van der Waals surface area contributed by atoms with Gasteiger partial charge in [-0.15, -0.1) is 0 Å². The summed E-state index contributed by atoms with van der Waals surface area (Å²) in [7, 11) is 0. The van der Waals surface area contributed by atoms with E-state index in [1.807, 2.05) is 51.1 Å². The summed E-state index contributed by atoms with van der Waals surface area (Å²) in [5, 5.41) is 5.51. The number of rotatable bonds is 4. The van der Waals surface area contributed by atoms with Gasteiger partial charge in [-0.1, -0.05) is 28.1 Å². The van der Waals surface area contributed by atoms with E-state index in [0.29, 0.717) is 5.69 Å². The Bertz CT molecular complexity index is 757. The standard InChI is InChI=1S/C18H19BrN2O2/c1-11-4-5-12(2)16(8-11)21-18(23)10-17(22)20-14-6-7-15(19)13(3)9-14/h4-9H,10H2,1-3H3,(H,20,22)(H,21,23). The quantitative estimate of drug-likeness (QED) is 0.781. The molecule has 120 valence electrons. The zero-order chi connectivity index (χ0) is 17.0. The Kier molecular flexibility index (Phi) is 5.55. The molecule has 0 spiro atoms. The highest BCUT2D eigenvalue weighted by atomic mass is 79.9. The number of halogens is 1. The third-order valence-electron chi connectivity index (χ3n) is 3.43. The number of benzene rings is 2. The van der Waals surface area contributed by atoms with E-state index in [0.717, 1.165) is 26.9 Å². The molecule has 0 unspecified atom stereocenters. The molecule has 0 fully saturated rings. The Hall–Kier alpha value is -2.14. The van der Waals surface area contributed by atoms with E-state index in [9.17, 15) is 9.59 Å². The van der Waals surface area contributed by atoms with Crippen LogP contribution in [0, 0.1) is 20.8 Å². The molecule has 0 aliphatic rings. The molecule has 2 N–H and O–H groups in total. The molecule has 0 heterocycles. The Morgan fingerprint density at radius 3 is 2.30 bits per heavy atom. The predicted molar refractivity (Wildman–Crippen MR) is 96.7 cm³/mol.